The summed E-state index contributed by atoms with van der Waals surface area (Å²) < 4.78 is 0. The van der Waals surface area contributed by atoms with Crippen LogP contribution in [-0.4, -0.2) is 22.4 Å². The maximum atomic E-state index is 10.4. The first-order valence-electron chi connectivity index (χ1n) is 8.89. The van der Waals surface area contributed by atoms with Gasteiger partial charge < -0.3 is 15.9 Å². The van der Waals surface area contributed by atoms with Gasteiger partial charge in [-0.2, -0.15) is 0 Å². The molecule has 0 amide bonds. The van der Waals surface area contributed by atoms with Crippen molar-refractivity contribution in [2.75, 3.05) is 0 Å². The molecule has 122 valence electrons. The second-order valence-corrected chi connectivity index (χ2v) is 8.70. The van der Waals surface area contributed by atoms with Crippen LogP contribution in [0.2, 0.25) is 0 Å². The molecule has 4 N–H and O–H groups in total. The molecule has 4 rings (SSSR count). The summed E-state index contributed by atoms with van der Waals surface area (Å²) in [5.74, 6) is 2.66. The van der Waals surface area contributed by atoms with Crippen LogP contribution in [0.4, 0.5) is 0 Å². The Labute approximate surface area is 133 Å². The molecule has 4 aliphatic rings. The summed E-state index contributed by atoms with van der Waals surface area (Å²) in [6.45, 7) is 4.61. The number of nitrogens with two attached hydrogens (primary N) is 1. The molecule has 8 atom stereocenters. The maximum absolute atomic E-state index is 10.4. The summed E-state index contributed by atoms with van der Waals surface area (Å²) in [5, 5.41) is 20.4. The normalized spacial score (nSPS) is 56.8. The lowest BCUT2D eigenvalue weighted by Gasteiger charge is -2.60. The van der Waals surface area contributed by atoms with Crippen LogP contribution >= 0.6 is 0 Å². The topological polar surface area (TPSA) is 66.5 Å². The highest BCUT2D eigenvalue weighted by atomic mass is 16.3. The molecular weight excluding hydrogens is 274 g/mol. The van der Waals surface area contributed by atoms with Crippen LogP contribution in [0.25, 0.3) is 0 Å². The lowest BCUT2D eigenvalue weighted by Crippen LogP contribution is -2.59. The molecule has 0 bridgehead atoms. The summed E-state index contributed by atoms with van der Waals surface area (Å²) in [6, 6.07) is 0.200. The van der Waals surface area contributed by atoms with E-state index >= 15 is 0 Å². The van der Waals surface area contributed by atoms with Crippen molar-refractivity contribution in [3.05, 3.63) is 24.0 Å². The number of hydrogen-bond acceptors (Lipinski definition) is 3. The van der Waals surface area contributed by atoms with Crippen LogP contribution in [0.3, 0.4) is 0 Å². The summed E-state index contributed by atoms with van der Waals surface area (Å²) >= 11 is 0. The average Bonchev–Trinajstić information content (AvgIpc) is 2.77. The van der Waals surface area contributed by atoms with E-state index < -0.39 is 0 Å². The van der Waals surface area contributed by atoms with Gasteiger partial charge in [-0.15, -0.1) is 0 Å². The van der Waals surface area contributed by atoms with Crippen molar-refractivity contribution in [3.63, 3.8) is 0 Å². The molecule has 0 radical (unpaired) electrons. The zero-order valence-corrected chi connectivity index (χ0v) is 13.7. The first-order chi connectivity index (χ1) is 10.4. The van der Waals surface area contributed by atoms with E-state index in [4.69, 9.17) is 5.73 Å². The fourth-order valence-electron chi connectivity index (χ4n) is 6.41. The molecule has 0 aliphatic heterocycles. The van der Waals surface area contributed by atoms with Crippen molar-refractivity contribution in [2.24, 2.45) is 40.2 Å². The predicted molar refractivity (Wildman–Crippen MR) is 87.1 cm³/mol. The number of rotatable bonds is 0. The number of aliphatic hydroxyl groups excluding tert-OH is 2. The smallest absolute Gasteiger partial charge is 0.0944 e. The van der Waals surface area contributed by atoms with E-state index in [2.05, 4.69) is 19.9 Å². The number of fused-ring (bicyclic) bond motifs is 5. The van der Waals surface area contributed by atoms with E-state index in [1.165, 1.54) is 0 Å². The van der Waals surface area contributed by atoms with Crippen LogP contribution < -0.4 is 5.73 Å². The molecule has 22 heavy (non-hydrogen) atoms. The van der Waals surface area contributed by atoms with E-state index in [1.807, 2.05) is 12.2 Å². The Morgan fingerprint density at radius 3 is 2.77 bits per heavy atom. The highest BCUT2D eigenvalue weighted by Crippen LogP contribution is 2.64. The minimum absolute atomic E-state index is 0.0557. The number of allylic oxidation sites excluding steroid dienone is 3. The van der Waals surface area contributed by atoms with Gasteiger partial charge in [0.2, 0.25) is 0 Å². The molecule has 2 fully saturated rings. The van der Waals surface area contributed by atoms with Gasteiger partial charge in [-0.05, 0) is 67.3 Å². The van der Waals surface area contributed by atoms with Crippen LogP contribution in [0.5, 0.6) is 0 Å². The van der Waals surface area contributed by atoms with Crippen molar-refractivity contribution < 1.29 is 10.2 Å². The molecular formula is C19H29NO2. The van der Waals surface area contributed by atoms with Gasteiger partial charge in [0.15, 0.2) is 0 Å². The molecule has 0 aromatic heterocycles. The minimum atomic E-state index is -0.298. The maximum Gasteiger partial charge on any atom is 0.0944 e. The molecule has 0 spiro atoms. The quantitative estimate of drug-likeness (QED) is 0.602. The molecule has 3 nitrogen and oxygen atoms in total. The van der Waals surface area contributed by atoms with Crippen molar-refractivity contribution in [1.82, 2.24) is 0 Å². The Bertz CT molecular complexity index is 542. The van der Waals surface area contributed by atoms with Crippen LogP contribution in [0.1, 0.15) is 46.0 Å². The van der Waals surface area contributed by atoms with Gasteiger partial charge in [0.05, 0.1) is 11.9 Å². The highest BCUT2D eigenvalue weighted by Gasteiger charge is 2.60. The predicted octanol–water partition coefficient (Wildman–Crippen LogP) is 3.16. The van der Waals surface area contributed by atoms with Gasteiger partial charge >= 0.3 is 0 Å². The number of aliphatic hydroxyl groups is 2. The van der Waals surface area contributed by atoms with Gasteiger partial charge in [-0.1, -0.05) is 26.0 Å². The zero-order chi connectivity index (χ0) is 15.7. The third kappa shape index (κ3) is 1.75. The van der Waals surface area contributed by atoms with Crippen LogP contribution in [0, 0.1) is 34.5 Å². The van der Waals surface area contributed by atoms with E-state index in [0.29, 0.717) is 29.4 Å². The van der Waals surface area contributed by atoms with Crippen molar-refractivity contribution >= 4 is 0 Å². The minimum Gasteiger partial charge on any atom is -0.512 e. The second-order valence-electron chi connectivity index (χ2n) is 8.70. The Balaban J connectivity index is 1.72. The summed E-state index contributed by atoms with van der Waals surface area (Å²) in [4.78, 5) is 0. The van der Waals surface area contributed by atoms with Crippen molar-refractivity contribution in [3.8, 4) is 0 Å². The third-order valence-corrected chi connectivity index (χ3v) is 7.81. The molecule has 2 saturated carbocycles. The lowest BCUT2D eigenvalue weighted by atomic mass is 9.45. The van der Waals surface area contributed by atoms with Gasteiger partial charge in [0.25, 0.3) is 0 Å². The van der Waals surface area contributed by atoms with Crippen LogP contribution in [0.15, 0.2) is 24.0 Å². The van der Waals surface area contributed by atoms with Crippen molar-refractivity contribution in [2.45, 2.75) is 58.1 Å². The molecule has 0 unspecified atom stereocenters. The SMILES string of the molecule is C[C@]12C=C[C@H](O)C[C@H]1C[C@H](N)[C@@H]1[C@@H]2CC[C@]2(C)C(O)=CC[C@@H]12. The summed E-state index contributed by atoms with van der Waals surface area (Å²) in [5.41, 5.74) is 6.76. The summed E-state index contributed by atoms with van der Waals surface area (Å²) in [7, 11) is 0. The van der Waals surface area contributed by atoms with Gasteiger partial charge in [0, 0.05) is 11.5 Å². The summed E-state index contributed by atoms with van der Waals surface area (Å²) in [6.07, 6.45) is 11.1. The van der Waals surface area contributed by atoms with E-state index in [-0.39, 0.29) is 23.0 Å². The fourth-order valence-corrected chi connectivity index (χ4v) is 6.41. The first-order valence-corrected chi connectivity index (χ1v) is 8.89. The molecule has 0 aromatic rings. The van der Waals surface area contributed by atoms with E-state index in [1.54, 1.807) is 0 Å². The van der Waals surface area contributed by atoms with Gasteiger partial charge in [-0.25, -0.2) is 0 Å². The Kier molecular flexibility index (Phi) is 3.09. The lowest BCUT2D eigenvalue weighted by molar-refractivity contribution is -0.0877. The first kappa shape index (κ1) is 14.8. The molecule has 0 heterocycles. The van der Waals surface area contributed by atoms with Gasteiger partial charge in [0.1, 0.15) is 0 Å². The molecule has 4 aliphatic carbocycles. The monoisotopic (exact) mass is 303 g/mol. The van der Waals surface area contributed by atoms with Crippen LogP contribution in [-0.2, 0) is 0 Å². The standard InChI is InChI=1S/C19H29NO2/c1-18-7-5-12(21)9-11(18)10-15(20)17-13-3-4-16(22)19(13,2)8-6-14(17)18/h4-5,7,11-15,17,21-22H,3,6,8-10,20H2,1-2H3/t11-,12-,13-,14-,15-,17-,18-,19-/m0/s1. The Morgan fingerprint density at radius 1 is 1.23 bits per heavy atom. The fraction of sp³-hybridized carbons (Fsp3) is 0.789. The molecule has 0 aromatic carbocycles. The third-order valence-electron chi connectivity index (χ3n) is 7.81. The average molecular weight is 303 g/mol. The van der Waals surface area contributed by atoms with Crippen molar-refractivity contribution in [1.29, 1.82) is 0 Å². The Morgan fingerprint density at radius 2 is 2.00 bits per heavy atom. The molecule has 0 saturated heterocycles. The largest absolute Gasteiger partial charge is 0.512 e. The zero-order valence-electron chi connectivity index (χ0n) is 13.7. The van der Waals surface area contributed by atoms with E-state index in [9.17, 15) is 10.2 Å². The highest BCUT2D eigenvalue weighted by molar-refractivity contribution is 5.24. The Hall–Kier alpha value is -0.800. The second kappa shape index (κ2) is 4.61. The molecule has 3 heteroatoms. The van der Waals surface area contributed by atoms with E-state index in [0.717, 1.165) is 32.1 Å². The number of hydrogen-bond donors (Lipinski definition) is 3. The van der Waals surface area contributed by atoms with Gasteiger partial charge in [-0.3, -0.25) is 0 Å².